The fourth-order valence-corrected chi connectivity index (χ4v) is 1.93. The van der Waals surface area contributed by atoms with E-state index < -0.39 is 12.0 Å². The van der Waals surface area contributed by atoms with Gasteiger partial charge in [0.25, 0.3) is 5.91 Å². The van der Waals surface area contributed by atoms with E-state index in [1.54, 1.807) is 0 Å². The molecular weight excluding hydrogens is 334 g/mol. The number of aliphatic hydroxyl groups is 1. The molecule has 2 rings (SSSR count). The Morgan fingerprint density at radius 3 is 2.64 bits per heavy atom. The molecular formula is C14H13Cl2FN2O3. The molecule has 0 bridgehead atoms. The predicted molar refractivity (Wildman–Crippen MR) is 81.0 cm³/mol. The van der Waals surface area contributed by atoms with Crippen molar-refractivity contribution in [1.82, 2.24) is 10.3 Å². The molecule has 0 spiro atoms. The first-order valence-corrected chi connectivity index (χ1v) is 7.10. The Morgan fingerprint density at radius 1 is 1.36 bits per heavy atom. The number of amides is 1. The Labute approximate surface area is 136 Å². The van der Waals surface area contributed by atoms with Gasteiger partial charge < -0.3 is 20.1 Å². The van der Waals surface area contributed by atoms with Crippen LogP contribution in [0.15, 0.2) is 30.3 Å². The number of rotatable bonds is 6. The summed E-state index contributed by atoms with van der Waals surface area (Å²) in [6, 6.07) is 6.79. The highest BCUT2D eigenvalue weighted by Crippen LogP contribution is 2.21. The number of hydrogen-bond donors (Lipinski definition) is 3. The summed E-state index contributed by atoms with van der Waals surface area (Å²) >= 11 is 11.4. The lowest BCUT2D eigenvalue weighted by Gasteiger charge is -2.13. The van der Waals surface area contributed by atoms with E-state index in [2.05, 4.69) is 10.3 Å². The fourth-order valence-electron chi connectivity index (χ4n) is 1.61. The molecule has 1 aromatic heterocycles. The Bertz CT molecular complexity index is 627. The number of aliphatic hydroxyl groups excluding tert-OH is 1. The average molecular weight is 347 g/mol. The van der Waals surface area contributed by atoms with E-state index in [-0.39, 0.29) is 34.8 Å². The molecule has 1 unspecified atom stereocenters. The minimum atomic E-state index is -0.921. The monoisotopic (exact) mass is 346 g/mol. The second-order valence-corrected chi connectivity index (χ2v) is 5.26. The first-order valence-electron chi connectivity index (χ1n) is 6.34. The van der Waals surface area contributed by atoms with Crippen molar-refractivity contribution >= 4 is 29.1 Å². The highest BCUT2D eigenvalue weighted by Gasteiger charge is 2.13. The van der Waals surface area contributed by atoms with Gasteiger partial charge in [-0.2, -0.15) is 0 Å². The van der Waals surface area contributed by atoms with Crippen LogP contribution in [0.25, 0.3) is 0 Å². The van der Waals surface area contributed by atoms with Crippen molar-refractivity contribution in [2.45, 2.75) is 6.10 Å². The number of carbonyl (C=O) groups excluding carboxylic acids is 1. The standard InChI is InChI=1S/C14H13Cl2FN2O3/c15-11-5-12(19-13(11)16)14(21)18-6-9(20)7-22-10-3-1-8(17)2-4-10/h1-5,9,19-20H,6-7H2,(H,18,21). The average Bonchev–Trinajstić information content (AvgIpc) is 2.84. The van der Waals surface area contributed by atoms with E-state index in [0.29, 0.717) is 5.75 Å². The maximum absolute atomic E-state index is 12.7. The van der Waals surface area contributed by atoms with Gasteiger partial charge in [0, 0.05) is 6.54 Å². The number of aromatic nitrogens is 1. The molecule has 1 heterocycles. The smallest absolute Gasteiger partial charge is 0.267 e. The summed E-state index contributed by atoms with van der Waals surface area (Å²) in [4.78, 5) is 14.4. The summed E-state index contributed by atoms with van der Waals surface area (Å²) in [6.07, 6.45) is -0.921. The summed E-state index contributed by atoms with van der Waals surface area (Å²) in [5.74, 6) is -0.396. The molecule has 1 aromatic carbocycles. The topological polar surface area (TPSA) is 74.3 Å². The SMILES string of the molecule is O=C(NCC(O)COc1ccc(F)cc1)c1cc(Cl)c(Cl)[nH]1. The molecule has 3 N–H and O–H groups in total. The van der Waals surface area contributed by atoms with Crippen molar-refractivity contribution < 1.29 is 19.0 Å². The van der Waals surface area contributed by atoms with Crippen LogP contribution in [0.4, 0.5) is 4.39 Å². The fraction of sp³-hybridized carbons (Fsp3) is 0.214. The number of halogens is 3. The van der Waals surface area contributed by atoms with Crippen LogP contribution < -0.4 is 10.1 Å². The molecule has 22 heavy (non-hydrogen) atoms. The lowest BCUT2D eigenvalue weighted by Crippen LogP contribution is -2.35. The van der Waals surface area contributed by atoms with Gasteiger partial charge in [0.1, 0.15) is 35.1 Å². The van der Waals surface area contributed by atoms with Gasteiger partial charge in [-0.25, -0.2) is 4.39 Å². The molecule has 0 radical (unpaired) electrons. The van der Waals surface area contributed by atoms with Gasteiger partial charge in [-0.1, -0.05) is 23.2 Å². The molecule has 2 aromatic rings. The molecule has 5 nitrogen and oxygen atoms in total. The summed E-state index contributed by atoms with van der Waals surface area (Å²) in [7, 11) is 0. The molecule has 1 atom stereocenters. The van der Waals surface area contributed by atoms with Crippen LogP contribution in [0.2, 0.25) is 10.2 Å². The van der Waals surface area contributed by atoms with Crippen LogP contribution in [0.3, 0.4) is 0 Å². The van der Waals surface area contributed by atoms with Crippen molar-refractivity contribution in [3.8, 4) is 5.75 Å². The van der Waals surface area contributed by atoms with Crippen LogP contribution in [0, 0.1) is 5.82 Å². The molecule has 0 saturated heterocycles. The molecule has 8 heteroatoms. The van der Waals surface area contributed by atoms with Crippen molar-refractivity contribution in [3.63, 3.8) is 0 Å². The van der Waals surface area contributed by atoms with E-state index >= 15 is 0 Å². The first-order chi connectivity index (χ1) is 10.5. The second-order valence-electron chi connectivity index (χ2n) is 4.47. The van der Waals surface area contributed by atoms with E-state index in [1.807, 2.05) is 0 Å². The predicted octanol–water partition coefficient (Wildman–Crippen LogP) is 2.63. The van der Waals surface area contributed by atoms with Crippen LogP contribution in [-0.4, -0.2) is 35.3 Å². The van der Waals surface area contributed by atoms with E-state index in [1.165, 1.54) is 30.3 Å². The van der Waals surface area contributed by atoms with Gasteiger partial charge in [-0.3, -0.25) is 4.79 Å². The molecule has 0 saturated carbocycles. The van der Waals surface area contributed by atoms with Gasteiger partial charge in [-0.05, 0) is 30.3 Å². The summed E-state index contributed by atoms with van der Waals surface area (Å²) in [5.41, 5.74) is 0.196. The normalized spacial score (nSPS) is 12.0. The first kappa shape index (κ1) is 16.6. The van der Waals surface area contributed by atoms with Gasteiger partial charge >= 0.3 is 0 Å². The summed E-state index contributed by atoms with van der Waals surface area (Å²) < 4.78 is 18.0. The lowest BCUT2D eigenvalue weighted by atomic mass is 10.3. The Hall–Kier alpha value is -1.76. The minimum Gasteiger partial charge on any atom is -0.491 e. The third-order valence-electron chi connectivity index (χ3n) is 2.72. The number of carbonyl (C=O) groups is 1. The van der Waals surface area contributed by atoms with Crippen molar-refractivity contribution in [1.29, 1.82) is 0 Å². The quantitative estimate of drug-likeness (QED) is 0.752. The van der Waals surface area contributed by atoms with Crippen molar-refractivity contribution in [3.05, 3.63) is 52.0 Å². The Kier molecular flexibility index (Phi) is 5.65. The van der Waals surface area contributed by atoms with Crippen LogP contribution >= 0.6 is 23.2 Å². The molecule has 1 amide bonds. The van der Waals surface area contributed by atoms with Crippen LogP contribution in [0.5, 0.6) is 5.75 Å². The number of ether oxygens (including phenoxy) is 1. The van der Waals surface area contributed by atoms with Crippen LogP contribution in [0.1, 0.15) is 10.5 Å². The number of aromatic amines is 1. The van der Waals surface area contributed by atoms with Crippen molar-refractivity contribution in [2.24, 2.45) is 0 Å². The number of nitrogens with one attached hydrogen (secondary N) is 2. The van der Waals surface area contributed by atoms with Gasteiger partial charge in [-0.15, -0.1) is 0 Å². The van der Waals surface area contributed by atoms with Gasteiger partial charge in [0.05, 0.1) is 5.02 Å². The van der Waals surface area contributed by atoms with E-state index in [0.717, 1.165) is 0 Å². The summed E-state index contributed by atoms with van der Waals surface area (Å²) in [6.45, 7) is -0.0631. The van der Waals surface area contributed by atoms with Crippen LogP contribution in [-0.2, 0) is 0 Å². The Balaban J connectivity index is 1.76. The second kappa shape index (κ2) is 7.49. The highest BCUT2D eigenvalue weighted by molar-refractivity contribution is 6.41. The van der Waals surface area contributed by atoms with Crippen molar-refractivity contribution in [2.75, 3.05) is 13.2 Å². The number of H-pyrrole nitrogens is 1. The van der Waals surface area contributed by atoms with Gasteiger partial charge in [0.2, 0.25) is 0 Å². The largest absolute Gasteiger partial charge is 0.491 e. The lowest BCUT2D eigenvalue weighted by molar-refractivity contribution is 0.0840. The Morgan fingerprint density at radius 2 is 2.05 bits per heavy atom. The maximum atomic E-state index is 12.7. The third-order valence-corrected chi connectivity index (χ3v) is 3.42. The zero-order chi connectivity index (χ0) is 16.1. The third kappa shape index (κ3) is 4.62. The van der Waals surface area contributed by atoms with E-state index in [4.69, 9.17) is 27.9 Å². The number of benzene rings is 1. The van der Waals surface area contributed by atoms with E-state index in [9.17, 15) is 14.3 Å². The zero-order valence-electron chi connectivity index (χ0n) is 11.3. The molecule has 118 valence electrons. The zero-order valence-corrected chi connectivity index (χ0v) is 12.8. The molecule has 0 aliphatic rings. The molecule has 0 fully saturated rings. The summed E-state index contributed by atoms with van der Waals surface area (Å²) in [5, 5.41) is 12.7. The highest BCUT2D eigenvalue weighted by atomic mass is 35.5. The minimum absolute atomic E-state index is 0.0196. The number of hydrogen-bond acceptors (Lipinski definition) is 3. The van der Waals surface area contributed by atoms with Gasteiger partial charge in [0.15, 0.2) is 0 Å². The maximum Gasteiger partial charge on any atom is 0.267 e. The molecule has 0 aliphatic heterocycles. The molecule has 0 aliphatic carbocycles.